The molecule has 2 atom stereocenters. The number of rotatable bonds is 3. The van der Waals surface area contributed by atoms with Crippen LogP contribution in [0.3, 0.4) is 0 Å². The molecule has 130 valence electrons. The van der Waals surface area contributed by atoms with Gasteiger partial charge in [-0.2, -0.15) is 0 Å². The fraction of sp³-hybridized carbons (Fsp3) is 0.421. The molecule has 1 fully saturated rings. The summed E-state index contributed by atoms with van der Waals surface area (Å²) in [5, 5.41) is 13.4. The summed E-state index contributed by atoms with van der Waals surface area (Å²) in [5.74, 6) is 0.883. The van der Waals surface area contributed by atoms with Crippen molar-refractivity contribution in [3.63, 3.8) is 0 Å². The summed E-state index contributed by atoms with van der Waals surface area (Å²) < 4.78 is 0. The molecule has 0 saturated carbocycles. The third-order valence-electron chi connectivity index (χ3n) is 5.24. The standard InChI is InChI=1S/C19H22N4O2/c24-16-11-14-3-1-2-4-15(14)18(16)22-19(25)13-5-9-23(10-6-13)17-12-20-7-8-21-17/h1-4,7-8,12-13,16,18,24H,5-6,9-11H2,(H,22,25). The molecule has 25 heavy (non-hydrogen) atoms. The van der Waals surface area contributed by atoms with E-state index in [9.17, 15) is 9.90 Å². The number of aromatic nitrogens is 2. The molecule has 1 aliphatic heterocycles. The molecule has 1 aliphatic carbocycles. The minimum Gasteiger partial charge on any atom is -0.390 e. The molecule has 2 aliphatic rings. The lowest BCUT2D eigenvalue weighted by Gasteiger charge is -2.32. The molecular formula is C19H22N4O2. The molecule has 0 bridgehead atoms. The van der Waals surface area contributed by atoms with Crippen LogP contribution in [0.1, 0.15) is 30.0 Å². The van der Waals surface area contributed by atoms with Gasteiger partial charge in [-0.25, -0.2) is 4.98 Å². The molecule has 1 saturated heterocycles. The van der Waals surface area contributed by atoms with Gasteiger partial charge in [-0.15, -0.1) is 0 Å². The summed E-state index contributed by atoms with van der Waals surface area (Å²) in [4.78, 5) is 23.3. The van der Waals surface area contributed by atoms with Gasteiger partial charge in [0.15, 0.2) is 0 Å². The van der Waals surface area contributed by atoms with Crippen molar-refractivity contribution >= 4 is 11.7 Å². The van der Waals surface area contributed by atoms with Crippen LogP contribution in [-0.2, 0) is 11.2 Å². The van der Waals surface area contributed by atoms with Crippen molar-refractivity contribution in [2.24, 2.45) is 5.92 Å². The molecule has 2 N–H and O–H groups in total. The van der Waals surface area contributed by atoms with Crippen molar-refractivity contribution in [2.75, 3.05) is 18.0 Å². The Labute approximate surface area is 146 Å². The highest BCUT2D eigenvalue weighted by atomic mass is 16.3. The lowest BCUT2D eigenvalue weighted by Crippen LogP contribution is -2.43. The van der Waals surface area contributed by atoms with Crippen molar-refractivity contribution < 1.29 is 9.90 Å². The molecule has 0 radical (unpaired) electrons. The number of anilines is 1. The first-order valence-corrected chi connectivity index (χ1v) is 8.79. The van der Waals surface area contributed by atoms with Crippen LogP contribution >= 0.6 is 0 Å². The Morgan fingerprint density at radius 2 is 2.00 bits per heavy atom. The van der Waals surface area contributed by atoms with Crippen molar-refractivity contribution in [3.05, 3.63) is 54.0 Å². The first-order valence-electron chi connectivity index (χ1n) is 8.79. The van der Waals surface area contributed by atoms with Crippen LogP contribution in [0.4, 0.5) is 5.82 Å². The number of benzene rings is 1. The highest BCUT2D eigenvalue weighted by Crippen LogP contribution is 2.32. The lowest BCUT2D eigenvalue weighted by atomic mass is 9.95. The number of aliphatic hydroxyl groups excluding tert-OH is 1. The second-order valence-corrected chi connectivity index (χ2v) is 6.78. The van der Waals surface area contributed by atoms with Crippen LogP contribution in [0.5, 0.6) is 0 Å². The van der Waals surface area contributed by atoms with Gasteiger partial charge >= 0.3 is 0 Å². The summed E-state index contributed by atoms with van der Waals surface area (Å²) >= 11 is 0. The zero-order chi connectivity index (χ0) is 17.2. The number of piperidine rings is 1. The zero-order valence-corrected chi connectivity index (χ0v) is 14.0. The van der Waals surface area contributed by atoms with Crippen LogP contribution in [0.25, 0.3) is 0 Å². The summed E-state index contributed by atoms with van der Waals surface area (Å²) in [5.41, 5.74) is 2.16. The smallest absolute Gasteiger partial charge is 0.223 e. The molecule has 0 spiro atoms. The number of aliphatic hydroxyl groups is 1. The van der Waals surface area contributed by atoms with Gasteiger partial charge in [-0.1, -0.05) is 24.3 Å². The normalized spacial score (nSPS) is 23.3. The van der Waals surface area contributed by atoms with Crippen LogP contribution in [0.15, 0.2) is 42.9 Å². The van der Waals surface area contributed by atoms with Crippen molar-refractivity contribution in [1.29, 1.82) is 0 Å². The zero-order valence-electron chi connectivity index (χ0n) is 14.0. The minimum atomic E-state index is -0.541. The van der Waals surface area contributed by atoms with E-state index in [1.54, 1.807) is 18.6 Å². The van der Waals surface area contributed by atoms with Crippen LogP contribution in [-0.4, -0.2) is 40.2 Å². The maximum atomic E-state index is 12.7. The maximum Gasteiger partial charge on any atom is 0.223 e. The van der Waals surface area contributed by atoms with Gasteiger partial charge in [-0.05, 0) is 24.0 Å². The van der Waals surface area contributed by atoms with Gasteiger partial charge in [0.1, 0.15) is 5.82 Å². The van der Waals surface area contributed by atoms with E-state index in [1.807, 2.05) is 24.3 Å². The Kier molecular flexibility index (Phi) is 4.36. The Morgan fingerprint density at radius 3 is 2.76 bits per heavy atom. The monoisotopic (exact) mass is 338 g/mol. The first-order chi connectivity index (χ1) is 12.2. The van der Waals surface area contributed by atoms with E-state index in [0.29, 0.717) is 6.42 Å². The van der Waals surface area contributed by atoms with Crippen LogP contribution < -0.4 is 10.2 Å². The van der Waals surface area contributed by atoms with Crippen LogP contribution in [0, 0.1) is 5.92 Å². The predicted octanol–water partition coefficient (Wildman–Crippen LogP) is 1.47. The molecule has 2 aromatic rings. The van der Waals surface area contributed by atoms with E-state index >= 15 is 0 Å². The first kappa shape index (κ1) is 16.0. The third kappa shape index (κ3) is 3.22. The van der Waals surface area contributed by atoms with E-state index < -0.39 is 6.10 Å². The van der Waals surface area contributed by atoms with Gasteiger partial charge in [0.2, 0.25) is 5.91 Å². The average Bonchev–Trinajstić information content (AvgIpc) is 2.98. The maximum absolute atomic E-state index is 12.7. The number of hydrogen-bond donors (Lipinski definition) is 2. The predicted molar refractivity (Wildman–Crippen MR) is 94.0 cm³/mol. The Balaban J connectivity index is 1.37. The molecule has 1 aromatic heterocycles. The SMILES string of the molecule is O=C(NC1c2ccccc2CC1O)C1CCN(c2cnccn2)CC1. The molecule has 2 heterocycles. The van der Waals surface area contributed by atoms with Crippen molar-refractivity contribution in [2.45, 2.75) is 31.4 Å². The highest BCUT2D eigenvalue weighted by Gasteiger charge is 2.34. The van der Waals surface area contributed by atoms with E-state index in [4.69, 9.17) is 0 Å². The Hall–Kier alpha value is -2.47. The van der Waals surface area contributed by atoms with E-state index in [2.05, 4.69) is 20.2 Å². The van der Waals surface area contributed by atoms with Gasteiger partial charge in [-0.3, -0.25) is 9.78 Å². The second kappa shape index (κ2) is 6.80. The molecule has 6 nitrogen and oxygen atoms in total. The number of nitrogens with zero attached hydrogens (tertiary/aromatic N) is 3. The molecule has 4 rings (SSSR count). The molecular weight excluding hydrogens is 316 g/mol. The van der Waals surface area contributed by atoms with E-state index in [-0.39, 0.29) is 17.9 Å². The molecule has 1 aromatic carbocycles. The summed E-state index contributed by atoms with van der Waals surface area (Å²) in [7, 11) is 0. The second-order valence-electron chi connectivity index (χ2n) is 6.78. The fourth-order valence-electron chi connectivity index (χ4n) is 3.84. The van der Waals surface area contributed by atoms with E-state index in [1.165, 1.54) is 0 Å². The molecule has 1 amide bonds. The molecule has 6 heteroatoms. The number of fused-ring (bicyclic) bond motifs is 1. The summed E-state index contributed by atoms with van der Waals surface area (Å²) in [6.45, 7) is 1.58. The highest BCUT2D eigenvalue weighted by molar-refractivity contribution is 5.79. The number of amides is 1. The number of carbonyl (C=O) groups excluding carboxylic acids is 1. The average molecular weight is 338 g/mol. The summed E-state index contributed by atoms with van der Waals surface area (Å²) in [6, 6.07) is 7.65. The Morgan fingerprint density at radius 1 is 1.20 bits per heavy atom. The third-order valence-corrected chi connectivity index (χ3v) is 5.24. The number of carbonyl (C=O) groups is 1. The lowest BCUT2D eigenvalue weighted by molar-refractivity contribution is -0.127. The van der Waals surface area contributed by atoms with Gasteiger partial charge in [0, 0.05) is 37.8 Å². The fourth-order valence-corrected chi connectivity index (χ4v) is 3.84. The van der Waals surface area contributed by atoms with Crippen molar-refractivity contribution in [3.8, 4) is 0 Å². The van der Waals surface area contributed by atoms with Crippen LogP contribution in [0.2, 0.25) is 0 Å². The Bertz CT molecular complexity index is 744. The summed E-state index contributed by atoms with van der Waals surface area (Å²) in [6.07, 6.45) is 6.74. The number of nitrogens with one attached hydrogen (secondary N) is 1. The van der Waals surface area contributed by atoms with Gasteiger partial charge in [0.05, 0.1) is 18.3 Å². The van der Waals surface area contributed by atoms with E-state index in [0.717, 1.165) is 42.9 Å². The largest absolute Gasteiger partial charge is 0.390 e. The topological polar surface area (TPSA) is 78.4 Å². The van der Waals surface area contributed by atoms with Gasteiger partial charge in [0.25, 0.3) is 0 Å². The minimum absolute atomic E-state index is 0.0205. The number of hydrogen-bond acceptors (Lipinski definition) is 5. The quantitative estimate of drug-likeness (QED) is 0.886. The van der Waals surface area contributed by atoms with Crippen molar-refractivity contribution in [1.82, 2.24) is 15.3 Å². The van der Waals surface area contributed by atoms with Gasteiger partial charge < -0.3 is 15.3 Å². The molecule has 2 unspecified atom stereocenters.